The van der Waals surface area contributed by atoms with Gasteiger partial charge in [0, 0.05) is 24.2 Å². The maximum Gasteiger partial charge on any atom is 0.193 e. The van der Waals surface area contributed by atoms with Gasteiger partial charge in [-0.05, 0) is 17.2 Å². The summed E-state index contributed by atoms with van der Waals surface area (Å²) in [6, 6.07) is 28.8. The number of Topliss-reactive ketones (excluding diaryl/α,β-unsaturated/α-hetero) is 1. The second-order valence-corrected chi connectivity index (χ2v) is 8.18. The van der Waals surface area contributed by atoms with Gasteiger partial charge in [-0.25, -0.2) is 0 Å². The van der Waals surface area contributed by atoms with Gasteiger partial charge >= 0.3 is 0 Å². The fourth-order valence-electron chi connectivity index (χ4n) is 4.62. The third-order valence-electron chi connectivity index (χ3n) is 6.19. The summed E-state index contributed by atoms with van der Waals surface area (Å²) in [6.07, 6.45) is 5.32. The molecule has 0 aromatic heterocycles. The largest absolute Gasteiger partial charge is 0.382 e. The Morgan fingerprint density at radius 3 is 2.15 bits per heavy atom. The van der Waals surface area contributed by atoms with E-state index in [-0.39, 0.29) is 11.6 Å². The van der Waals surface area contributed by atoms with Crippen molar-refractivity contribution in [3.63, 3.8) is 0 Å². The highest BCUT2D eigenvalue weighted by atomic mass is 16.1. The van der Waals surface area contributed by atoms with Crippen molar-refractivity contribution in [2.75, 3.05) is 13.1 Å². The smallest absolute Gasteiger partial charge is 0.193 e. The summed E-state index contributed by atoms with van der Waals surface area (Å²) in [6.45, 7) is 0.956. The molecule has 0 bridgehead atoms. The minimum Gasteiger partial charge on any atom is -0.382 e. The highest BCUT2D eigenvalue weighted by Crippen LogP contribution is 2.40. The van der Waals surface area contributed by atoms with E-state index in [0.29, 0.717) is 29.8 Å². The molecular formula is C29H24N2O2. The highest BCUT2D eigenvalue weighted by Gasteiger charge is 2.50. The van der Waals surface area contributed by atoms with E-state index in [9.17, 15) is 9.59 Å². The summed E-state index contributed by atoms with van der Waals surface area (Å²) < 4.78 is 0. The highest BCUT2D eigenvalue weighted by molar-refractivity contribution is 6.19. The quantitative estimate of drug-likeness (QED) is 0.447. The van der Waals surface area contributed by atoms with Crippen LogP contribution in [-0.2, 0) is 4.79 Å². The van der Waals surface area contributed by atoms with E-state index in [4.69, 9.17) is 0 Å². The van der Waals surface area contributed by atoms with Crippen LogP contribution in [-0.4, -0.2) is 30.2 Å². The normalized spacial score (nSPS) is 19.7. The number of carbonyl (C=O) groups is 2. The van der Waals surface area contributed by atoms with Crippen LogP contribution in [0.3, 0.4) is 0 Å². The topological polar surface area (TPSA) is 58.2 Å². The van der Waals surface area contributed by atoms with Crippen LogP contribution in [0, 0.1) is 0 Å². The van der Waals surface area contributed by atoms with Crippen LogP contribution in [0.25, 0.3) is 11.8 Å². The molecule has 4 nitrogen and oxygen atoms in total. The molecule has 3 aromatic carbocycles. The lowest BCUT2D eigenvalue weighted by Crippen LogP contribution is -2.50. The molecule has 4 heteroatoms. The zero-order valence-corrected chi connectivity index (χ0v) is 18.1. The predicted octanol–water partition coefficient (Wildman–Crippen LogP) is 4.43. The number of hydrogen-bond acceptors (Lipinski definition) is 4. The number of nitrogens with one attached hydrogen (secondary N) is 2. The minimum atomic E-state index is -0.879. The molecule has 0 amide bonds. The van der Waals surface area contributed by atoms with Gasteiger partial charge in [0.25, 0.3) is 0 Å². The summed E-state index contributed by atoms with van der Waals surface area (Å²) in [4.78, 5) is 27.2. The van der Waals surface area contributed by atoms with Crippen LogP contribution in [0.4, 0.5) is 0 Å². The Bertz CT molecular complexity index is 1270. The Labute approximate surface area is 193 Å². The predicted molar refractivity (Wildman–Crippen MR) is 131 cm³/mol. The van der Waals surface area contributed by atoms with Crippen molar-refractivity contribution in [2.24, 2.45) is 0 Å². The molecular weight excluding hydrogens is 408 g/mol. The molecule has 0 radical (unpaired) electrons. The molecule has 0 aliphatic carbocycles. The first-order valence-corrected chi connectivity index (χ1v) is 11.1. The first-order valence-electron chi connectivity index (χ1n) is 11.1. The molecule has 2 N–H and O–H groups in total. The van der Waals surface area contributed by atoms with E-state index in [1.165, 1.54) is 0 Å². The molecule has 0 saturated carbocycles. The number of carbonyl (C=O) groups excluding carboxylic acids is 2. The van der Waals surface area contributed by atoms with Gasteiger partial charge in [0.1, 0.15) is 0 Å². The van der Waals surface area contributed by atoms with Crippen LogP contribution < -0.4 is 10.6 Å². The standard InChI is InChI=1S/C29H24N2O2/c32-25(17-16-21-10-4-1-5-11-21)24-18-19-31-29(24)20-30-27(22-12-6-2-7-13-22)26(29)28(33)23-14-8-3-9-15-23/h1-18,30-31H,19-20H2. The molecule has 1 unspecified atom stereocenters. The van der Waals surface area contributed by atoms with E-state index in [2.05, 4.69) is 10.6 Å². The monoisotopic (exact) mass is 432 g/mol. The van der Waals surface area contributed by atoms with E-state index in [0.717, 1.165) is 16.8 Å². The first kappa shape index (κ1) is 20.9. The zero-order valence-electron chi connectivity index (χ0n) is 18.1. The molecule has 2 aliphatic rings. The van der Waals surface area contributed by atoms with Gasteiger partial charge < -0.3 is 5.32 Å². The Morgan fingerprint density at radius 1 is 0.818 bits per heavy atom. The van der Waals surface area contributed by atoms with Crippen molar-refractivity contribution in [3.8, 4) is 0 Å². The Morgan fingerprint density at radius 2 is 1.45 bits per heavy atom. The fraction of sp³-hybridized carbons (Fsp3) is 0.103. The van der Waals surface area contributed by atoms with Crippen molar-refractivity contribution in [3.05, 3.63) is 131 Å². The van der Waals surface area contributed by atoms with Crippen LogP contribution in [0.15, 0.2) is 114 Å². The summed E-state index contributed by atoms with van der Waals surface area (Å²) in [7, 11) is 0. The molecule has 2 aliphatic heterocycles. The zero-order chi connectivity index (χ0) is 22.7. The summed E-state index contributed by atoms with van der Waals surface area (Å²) in [5.74, 6) is -0.182. The molecule has 1 spiro atoms. The van der Waals surface area contributed by atoms with Gasteiger partial charge in [0.15, 0.2) is 11.6 Å². The maximum atomic E-state index is 13.8. The van der Waals surface area contributed by atoms with Gasteiger partial charge in [-0.3, -0.25) is 14.9 Å². The van der Waals surface area contributed by atoms with E-state index < -0.39 is 5.54 Å². The van der Waals surface area contributed by atoms with Gasteiger partial charge in [-0.15, -0.1) is 0 Å². The lowest BCUT2D eigenvalue weighted by Gasteiger charge is -2.29. The van der Waals surface area contributed by atoms with Crippen molar-refractivity contribution in [1.82, 2.24) is 10.6 Å². The maximum absolute atomic E-state index is 13.8. The molecule has 2 heterocycles. The average Bonchev–Trinajstić information content (AvgIpc) is 3.48. The molecule has 33 heavy (non-hydrogen) atoms. The third kappa shape index (κ3) is 3.86. The number of ketones is 2. The molecule has 0 fully saturated rings. The van der Waals surface area contributed by atoms with Gasteiger partial charge in [0.05, 0.1) is 16.8 Å². The Kier molecular flexibility index (Phi) is 5.59. The number of rotatable bonds is 6. The van der Waals surface area contributed by atoms with E-state index in [1.54, 1.807) is 6.08 Å². The molecule has 162 valence electrons. The van der Waals surface area contributed by atoms with Crippen LogP contribution >= 0.6 is 0 Å². The van der Waals surface area contributed by atoms with Gasteiger partial charge in [0.2, 0.25) is 0 Å². The minimum absolute atomic E-state index is 0.0837. The van der Waals surface area contributed by atoms with Crippen molar-refractivity contribution in [1.29, 1.82) is 0 Å². The van der Waals surface area contributed by atoms with Crippen LogP contribution in [0.1, 0.15) is 21.5 Å². The van der Waals surface area contributed by atoms with Crippen LogP contribution in [0.2, 0.25) is 0 Å². The van der Waals surface area contributed by atoms with Crippen molar-refractivity contribution < 1.29 is 9.59 Å². The van der Waals surface area contributed by atoms with Gasteiger partial charge in [-0.2, -0.15) is 0 Å². The van der Waals surface area contributed by atoms with Crippen molar-refractivity contribution >= 4 is 23.3 Å². The average molecular weight is 433 g/mol. The Hall–Kier alpha value is -4.02. The lowest BCUT2D eigenvalue weighted by molar-refractivity contribution is -0.111. The van der Waals surface area contributed by atoms with E-state index in [1.807, 2.05) is 103 Å². The Balaban J connectivity index is 1.58. The number of allylic oxidation sites excluding steroid dienone is 1. The summed E-state index contributed by atoms with van der Waals surface area (Å²) >= 11 is 0. The SMILES string of the molecule is O=C(C=Cc1ccccc1)C1=CCNC12CNC(c1ccccc1)=C2C(=O)c1ccccc1. The lowest BCUT2D eigenvalue weighted by atomic mass is 9.79. The molecule has 1 atom stereocenters. The number of benzene rings is 3. The van der Waals surface area contributed by atoms with Crippen molar-refractivity contribution in [2.45, 2.75) is 5.54 Å². The molecule has 3 aromatic rings. The summed E-state index contributed by atoms with van der Waals surface area (Å²) in [5, 5.41) is 6.92. The molecule has 5 rings (SSSR count). The third-order valence-corrected chi connectivity index (χ3v) is 6.19. The second-order valence-electron chi connectivity index (χ2n) is 8.18. The van der Waals surface area contributed by atoms with Crippen LogP contribution in [0.5, 0.6) is 0 Å². The first-order chi connectivity index (χ1) is 16.2. The van der Waals surface area contributed by atoms with E-state index >= 15 is 0 Å². The molecule has 0 saturated heterocycles. The fourth-order valence-corrected chi connectivity index (χ4v) is 4.62. The summed E-state index contributed by atoms with van der Waals surface area (Å²) in [5.41, 5.74) is 3.56. The van der Waals surface area contributed by atoms with Gasteiger partial charge in [-0.1, -0.05) is 103 Å². The second kappa shape index (κ2) is 8.85. The number of hydrogen-bond donors (Lipinski definition) is 2.